The van der Waals surface area contributed by atoms with Crippen LogP contribution in [0.5, 0.6) is 0 Å². The molecule has 4 nitrogen and oxygen atoms in total. The number of imidazole rings is 1. The van der Waals surface area contributed by atoms with E-state index in [9.17, 15) is 0 Å². The van der Waals surface area contributed by atoms with Crippen LogP contribution in [-0.2, 0) is 12.5 Å². The first-order chi connectivity index (χ1) is 7.75. The van der Waals surface area contributed by atoms with Crippen molar-refractivity contribution in [3.05, 3.63) is 24.2 Å². The highest BCUT2D eigenvalue weighted by Gasteiger charge is 2.39. The van der Waals surface area contributed by atoms with E-state index in [1.54, 1.807) is 6.20 Å². The van der Waals surface area contributed by atoms with Gasteiger partial charge in [-0.25, -0.2) is 9.97 Å². The van der Waals surface area contributed by atoms with Crippen molar-refractivity contribution in [1.82, 2.24) is 14.5 Å². The Bertz CT molecular complexity index is 546. The van der Waals surface area contributed by atoms with Crippen LogP contribution in [0, 0.1) is 0 Å². The van der Waals surface area contributed by atoms with Gasteiger partial charge in [-0.15, -0.1) is 0 Å². The van der Waals surface area contributed by atoms with Gasteiger partial charge in [-0.1, -0.05) is 13.8 Å². The zero-order valence-corrected chi connectivity index (χ0v) is 11.2. The molecule has 2 N–H and O–H groups in total. The van der Waals surface area contributed by atoms with Crippen LogP contribution < -0.4 is 5.73 Å². The summed E-state index contributed by atoms with van der Waals surface area (Å²) in [5, 5.41) is 0. The molecular formula is C13H20N4. The molecule has 2 aromatic heterocycles. The average Bonchev–Trinajstić information content (AvgIpc) is 2.56. The van der Waals surface area contributed by atoms with Crippen molar-refractivity contribution >= 4 is 11.2 Å². The Balaban J connectivity index is 2.68. The summed E-state index contributed by atoms with van der Waals surface area (Å²) in [7, 11) is 1.99. The van der Waals surface area contributed by atoms with Crippen LogP contribution in [0.3, 0.4) is 0 Å². The van der Waals surface area contributed by atoms with E-state index in [1.165, 1.54) is 0 Å². The van der Waals surface area contributed by atoms with Crippen molar-refractivity contribution in [1.29, 1.82) is 0 Å². The Labute approximate surface area is 102 Å². The van der Waals surface area contributed by atoms with Crippen molar-refractivity contribution in [3.8, 4) is 0 Å². The highest BCUT2D eigenvalue weighted by Crippen LogP contribution is 2.33. The average molecular weight is 232 g/mol. The van der Waals surface area contributed by atoms with Crippen LogP contribution in [0.2, 0.25) is 0 Å². The highest BCUT2D eigenvalue weighted by molar-refractivity contribution is 5.71. The largest absolute Gasteiger partial charge is 0.325 e. The van der Waals surface area contributed by atoms with Crippen molar-refractivity contribution in [2.24, 2.45) is 12.8 Å². The van der Waals surface area contributed by atoms with E-state index in [0.29, 0.717) is 0 Å². The van der Waals surface area contributed by atoms with E-state index in [1.807, 2.05) is 37.6 Å². The molecule has 0 bridgehead atoms. The second-order valence-corrected chi connectivity index (χ2v) is 5.69. The predicted molar refractivity (Wildman–Crippen MR) is 69.8 cm³/mol. The Kier molecular flexibility index (Phi) is 2.51. The molecule has 0 amide bonds. The monoisotopic (exact) mass is 232 g/mol. The summed E-state index contributed by atoms with van der Waals surface area (Å²) < 4.78 is 2.03. The van der Waals surface area contributed by atoms with Crippen molar-refractivity contribution in [2.75, 3.05) is 0 Å². The third-order valence-corrected chi connectivity index (χ3v) is 3.80. The lowest BCUT2D eigenvalue weighted by Gasteiger charge is -2.37. The topological polar surface area (TPSA) is 56.7 Å². The first kappa shape index (κ1) is 12.0. The first-order valence-corrected chi connectivity index (χ1v) is 5.82. The molecule has 0 aromatic carbocycles. The third-order valence-electron chi connectivity index (χ3n) is 3.80. The Hall–Kier alpha value is -1.42. The number of hydrogen-bond acceptors (Lipinski definition) is 3. The maximum Gasteiger partial charge on any atom is 0.159 e. The zero-order valence-electron chi connectivity index (χ0n) is 11.2. The fourth-order valence-corrected chi connectivity index (χ4v) is 1.87. The molecule has 2 heterocycles. The van der Waals surface area contributed by atoms with Crippen molar-refractivity contribution in [3.63, 3.8) is 0 Å². The molecule has 0 fully saturated rings. The van der Waals surface area contributed by atoms with Crippen molar-refractivity contribution in [2.45, 2.75) is 38.6 Å². The lowest BCUT2D eigenvalue weighted by Crippen LogP contribution is -2.51. The zero-order chi connectivity index (χ0) is 12.8. The molecule has 17 heavy (non-hydrogen) atoms. The number of fused-ring (bicyclic) bond motifs is 1. The Morgan fingerprint density at radius 2 is 1.88 bits per heavy atom. The molecule has 0 saturated carbocycles. The predicted octanol–water partition coefficient (Wildman–Crippen LogP) is 1.98. The van der Waals surface area contributed by atoms with Gasteiger partial charge in [-0.2, -0.15) is 0 Å². The standard InChI is InChI=1S/C13H20N4/c1-12(2,13(3,4)14)11-16-9-7-6-8-15-10(9)17(11)5/h6-8H,14H2,1-5H3. The molecule has 4 heteroatoms. The molecule has 0 saturated heterocycles. The summed E-state index contributed by atoms with van der Waals surface area (Å²) >= 11 is 0. The molecule has 2 aromatic rings. The number of nitrogens with zero attached hydrogens (tertiary/aromatic N) is 3. The number of aryl methyl sites for hydroxylation is 1. The van der Waals surface area contributed by atoms with Gasteiger partial charge in [0.1, 0.15) is 11.3 Å². The summed E-state index contributed by atoms with van der Waals surface area (Å²) in [5.74, 6) is 0.971. The van der Waals surface area contributed by atoms with Gasteiger partial charge in [0, 0.05) is 24.2 Å². The first-order valence-electron chi connectivity index (χ1n) is 5.82. The maximum atomic E-state index is 6.26. The van der Waals surface area contributed by atoms with E-state index < -0.39 is 0 Å². The fraction of sp³-hybridized carbons (Fsp3) is 0.538. The van der Waals surface area contributed by atoms with Crippen LogP contribution >= 0.6 is 0 Å². The van der Waals surface area contributed by atoms with Gasteiger partial charge in [-0.05, 0) is 26.0 Å². The van der Waals surface area contributed by atoms with E-state index in [0.717, 1.165) is 17.0 Å². The van der Waals surface area contributed by atoms with Crippen LogP contribution in [0.25, 0.3) is 11.2 Å². The van der Waals surface area contributed by atoms with Crippen LogP contribution in [-0.4, -0.2) is 20.1 Å². The van der Waals surface area contributed by atoms with Crippen LogP contribution in [0.4, 0.5) is 0 Å². The molecular weight excluding hydrogens is 212 g/mol. The Morgan fingerprint density at radius 3 is 2.41 bits per heavy atom. The molecule has 0 unspecified atom stereocenters. The van der Waals surface area contributed by atoms with Gasteiger partial charge in [-0.3, -0.25) is 0 Å². The Morgan fingerprint density at radius 1 is 1.24 bits per heavy atom. The number of rotatable bonds is 2. The normalized spacial score (nSPS) is 13.3. The van der Waals surface area contributed by atoms with Crippen molar-refractivity contribution < 1.29 is 0 Å². The summed E-state index contributed by atoms with van der Waals surface area (Å²) in [6, 6.07) is 3.88. The molecule has 0 aliphatic heterocycles. The minimum Gasteiger partial charge on any atom is -0.325 e. The molecule has 2 rings (SSSR count). The quantitative estimate of drug-likeness (QED) is 0.861. The number of pyridine rings is 1. The number of aromatic nitrogens is 3. The van der Waals surface area contributed by atoms with Gasteiger partial charge in [0.25, 0.3) is 0 Å². The lowest BCUT2D eigenvalue weighted by atomic mass is 9.74. The molecule has 0 aliphatic carbocycles. The minimum absolute atomic E-state index is 0.220. The van der Waals surface area contributed by atoms with E-state index in [2.05, 4.69) is 23.8 Å². The molecule has 0 radical (unpaired) electrons. The van der Waals surface area contributed by atoms with Crippen LogP contribution in [0.1, 0.15) is 33.5 Å². The molecule has 0 aliphatic rings. The molecule has 92 valence electrons. The van der Waals surface area contributed by atoms with E-state index >= 15 is 0 Å². The van der Waals surface area contributed by atoms with E-state index in [4.69, 9.17) is 5.73 Å². The summed E-state index contributed by atoms with van der Waals surface area (Å²) in [4.78, 5) is 9.03. The minimum atomic E-state index is -0.345. The van der Waals surface area contributed by atoms with Gasteiger partial charge in [0.15, 0.2) is 5.65 Å². The highest BCUT2D eigenvalue weighted by atomic mass is 15.1. The van der Waals surface area contributed by atoms with E-state index in [-0.39, 0.29) is 11.0 Å². The van der Waals surface area contributed by atoms with Crippen LogP contribution in [0.15, 0.2) is 18.3 Å². The third kappa shape index (κ3) is 1.72. The second-order valence-electron chi connectivity index (χ2n) is 5.69. The van der Waals surface area contributed by atoms with Gasteiger partial charge in [0.05, 0.1) is 0 Å². The lowest BCUT2D eigenvalue weighted by molar-refractivity contribution is 0.286. The molecule has 0 spiro atoms. The summed E-state index contributed by atoms with van der Waals surface area (Å²) in [6.07, 6.45) is 1.79. The molecule has 0 atom stereocenters. The summed E-state index contributed by atoms with van der Waals surface area (Å²) in [5.41, 5.74) is 7.52. The fourth-order valence-electron chi connectivity index (χ4n) is 1.87. The second kappa shape index (κ2) is 3.53. The summed E-state index contributed by atoms with van der Waals surface area (Å²) in [6.45, 7) is 8.29. The smallest absolute Gasteiger partial charge is 0.159 e. The van der Waals surface area contributed by atoms with Gasteiger partial charge < -0.3 is 10.3 Å². The van der Waals surface area contributed by atoms with Gasteiger partial charge in [0.2, 0.25) is 0 Å². The van der Waals surface area contributed by atoms with Gasteiger partial charge >= 0.3 is 0 Å². The number of nitrogens with two attached hydrogens (primary N) is 1. The number of hydrogen-bond donors (Lipinski definition) is 1. The SMILES string of the molecule is Cn1c(C(C)(C)C(C)(C)N)nc2cccnc21. The maximum absolute atomic E-state index is 6.26.